The second-order valence-electron chi connectivity index (χ2n) is 13.4. The van der Waals surface area contributed by atoms with E-state index in [1.54, 1.807) is 0 Å². The quantitative estimate of drug-likeness (QED) is 0.0301. The second kappa shape index (κ2) is 36.2. The Hall–Kier alpha value is -0.610. The summed E-state index contributed by atoms with van der Waals surface area (Å²) in [4.78, 5) is 26.0. The van der Waals surface area contributed by atoms with Crippen LogP contribution in [0.4, 0.5) is 0 Å². The van der Waals surface area contributed by atoms with Gasteiger partial charge >= 0.3 is 0 Å². The summed E-state index contributed by atoms with van der Waals surface area (Å²) >= 11 is 0. The summed E-state index contributed by atoms with van der Waals surface area (Å²) in [7, 11) is -0.450. The van der Waals surface area contributed by atoms with Crippen LogP contribution in [-0.2, 0) is 14.1 Å². The highest BCUT2D eigenvalue weighted by atomic mass is 31.1. The second-order valence-corrected chi connectivity index (χ2v) is 14.3. The van der Waals surface area contributed by atoms with Crippen molar-refractivity contribution in [2.24, 2.45) is 5.92 Å². The van der Waals surface area contributed by atoms with Crippen molar-refractivity contribution in [1.29, 1.82) is 0 Å². The van der Waals surface area contributed by atoms with E-state index in [1.807, 2.05) is 0 Å². The number of aliphatic hydroxyl groups excluding tert-OH is 2. The van der Waals surface area contributed by atoms with E-state index in [4.69, 9.17) is 9.63 Å². The fourth-order valence-electron chi connectivity index (χ4n) is 5.86. The molecule has 0 saturated carbocycles. The molecule has 0 aromatic rings. The lowest BCUT2D eigenvalue weighted by Gasteiger charge is -2.15. The Kier molecular flexibility index (Phi) is 35.7. The van der Waals surface area contributed by atoms with Gasteiger partial charge in [0.1, 0.15) is 11.9 Å². The molecule has 0 spiro atoms. The standard InChI is InChI=1S/C39H75O5P/c1-3-5-7-9-11-13-15-17-19-21-23-25-27-29-31-33-38(42)37(39(43)45-44-35-36(41)34-40)32-30-28-26-24-22-20-18-16-14-12-10-8-6-4-2/h18,20,36-37,40-41,45H,3-17,19,21-35H2,1-2H3/b20-18-. The molecule has 6 heteroatoms. The van der Waals surface area contributed by atoms with Crippen molar-refractivity contribution < 1.29 is 24.3 Å². The zero-order valence-corrected chi connectivity index (χ0v) is 30.8. The Labute approximate surface area is 281 Å². The maximum atomic E-state index is 13.1. The number of rotatable bonds is 37. The monoisotopic (exact) mass is 655 g/mol. The van der Waals surface area contributed by atoms with Gasteiger partial charge in [-0.15, -0.1) is 0 Å². The normalized spacial score (nSPS) is 13.3. The van der Waals surface area contributed by atoms with Crippen LogP contribution in [0.25, 0.3) is 0 Å². The third-order valence-corrected chi connectivity index (χ3v) is 9.76. The van der Waals surface area contributed by atoms with Crippen LogP contribution >= 0.6 is 8.81 Å². The largest absolute Gasteiger partial charge is 0.394 e. The molecule has 45 heavy (non-hydrogen) atoms. The molecule has 0 aliphatic heterocycles. The van der Waals surface area contributed by atoms with Crippen LogP contribution in [0.5, 0.6) is 0 Å². The minimum Gasteiger partial charge on any atom is -0.394 e. The first kappa shape index (κ1) is 44.4. The van der Waals surface area contributed by atoms with Crippen LogP contribution in [0.1, 0.15) is 200 Å². The summed E-state index contributed by atoms with van der Waals surface area (Å²) in [6.07, 6.45) is 38.7. The topological polar surface area (TPSA) is 83.8 Å². The Morgan fingerprint density at radius 3 is 1.44 bits per heavy atom. The van der Waals surface area contributed by atoms with E-state index in [0.29, 0.717) is 12.8 Å². The number of unbranched alkanes of at least 4 members (excludes halogenated alkanes) is 24. The number of allylic oxidation sites excluding steroid dienone is 2. The Balaban J connectivity index is 4.11. The lowest BCUT2D eigenvalue weighted by molar-refractivity contribution is -0.129. The molecule has 0 bridgehead atoms. The van der Waals surface area contributed by atoms with Crippen molar-refractivity contribution in [1.82, 2.24) is 0 Å². The third-order valence-electron chi connectivity index (χ3n) is 8.90. The van der Waals surface area contributed by atoms with Crippen molar-refractivity contribution in [2.75, 3.05) is 13.2 Å². The third kappa shape index (κ3) is 31.7. The lowest BCUT2D eigenvalue weighted by atomic mass is 9.94. The van der Waals surface area contributed by atoms with Crippen molar-refractivity contribution in [3.05, 3.63) is 12.2 Å². The van der Waals surface area contributed by atoms with E-state index in [2.05, 4.69) is 26.0 Å². The van der Waals surface area contributed by atoms with Crippen molar-refractivity contribution in [2.45, 2.75) is 206 Å². The molecule has 0 amide bonds. The van der Waals surface area contributed by atoms with E-state index in [0.717, 1.165) is 44.9 Å². The zero-order chi connectivity index (χ0) is 33.1. The summed E-state index contributed by atoms with van der Waals surface area (Å²) in [6, 6.07) is 0. The predicted molar refractivity (Wildman–Crippen MR) is 195 cm³/mol. The maximum Gasteiger partial charge on any atom is 0.189 e. The van der Waals surface area contributed by atoms with E-state index < -0.39 is 27.4 Å². The van der Waals surface area contributed by atoms with Gasteiger partial charge in [-0.25, -0.2) is 0 Å². The molecule has 0 aromatic heterocycles. The van der Waals surface area contributed by atoms with Gasteiger partial charge in [-0.2, -0.15) is 0 Å². The fraction of sp³-hybridized carbons (Fsp3) is 0.897. The summed E-state index contributed by atoms with van der Waals surface area (Å²) in [5.74, 6) is -0.524. The number of carbonyl (C=O) groups excluding carboxylic acids is 2. The number of hydrogen-bond donors (Lipinski definition) is 2. The van der Waals surface area contributed by atoms with Gasteiger partial charge < -0.3 is 14.7 Å². The molecule has 2 N–H and O–H groups in total. The van der Waals surface area contributed by atoms with Gasteiger partial charge in [0.2, 0.25) is 0 Å². The van der Waals surface area contributed by atoms with Crippen LogP contribution in [0.3, 0.4) is 0 Å². The molecule has 0 fully saturated rings. The van der Waals surface area contributed by atoms with Gasteiger partial charge in [0.25, 0.3) is 0 Å². The van der Waals surface area contributed by atoms with Crippen LogP contribution < -0.4 is 0 Å². The summed E-state index contributed by atoms with van der Waals surface area (Å²) in [5, 5.41) is 18.5. The SMILES string of the molecule is CCCCCCCC/C=C\CCCCCCC(C(=O)CCCCCCCCCCCCCCCCC)C(=O)POCC(O)CO. The molecule has 0 rings (SSSR count). The van der Waals surface area contributed by atoms with Gasteiger partial charge in [0.05, 0.1) is 27.9 Å². The molecule has 0 radical (unpaired) electrons. The summed E-state index contributed by atoms with van der Waals surface area (Å²) in [5.41, 5.74) is -0.149. The highest BCUT2D eigenvalue weighted by Gasteiger charge is 2.26. The van der Waals surface area contributed by atoms with E-state index in [1.165, 1.54) is 128 Å². The first-order chi connectivity index (χ1) is 22.1. The maximum absolute atomic E-state index is 13.1. The lowest BCUT2D eigenvalue weighted by Crippen LogP contribution is -2.23. The number of hydrogen-bond acceptors (Lipinski definition) is 5. The molecule has 0 aromatic carbocycles. The molecule has 0 aliphatic rings. The molecule has 3 atom stereocenters. The van der Waals surface area contributed by atoms with E-state index in [9.17, 15) is 14.7 Å². The van der Waals surface area contributed by atoms with Crippen LogP contribution in [0.15, 0.2) is 12.2 Å². The zero-order valence-electron chi connectivity index (χ0n) is 29.8. The Morgan fingerprint density at radius 1 is 0.600 bits per heavy atom. The van der Waals surface area contributed by atoms with Gasteiger partial charge in [-0.05, 0) is 38.5 Å². The smallest absolute Gasteiger partial charge is 0.189 e. The first-order valence-electron chi connectivity index (χ1n) is 19.4. The molecule has 266 valence electrons. The fourth-order valence-corrected chi connectivity index (χ4v) is 6.72. The highest BCUT2D eigenvalue weighted by molar-refractivity contribution is 7.53. The molecule has 3 unspecified atom stereocenters. The predicted octanol–water partition coefficient (Wildman–Crippen LogP) is 11.6. The van der Waals surface area contributed by atoms with Crippen LogP contribution in [-0.4, -0.2) is 40.8 Å². The van der Waals surface area contributed by atoms with Crippen molar-refractivity contribution in [3.63, 3.8) is 0 Å². The average Bonchev–Trinajstić information content (AvgIpc) is 3.04. The Morgan fingerprint density at radius 2 is 1.00 bits per heavy atom. The van der Waals surface area contributed by atoms with Gasteiger partial charge in [-0.1, -0.05) is 167 Å². The Bertz CT molecular complexity index is 668. The molecule has 0 heterocycles. The minimum absolute atomic E-state index is 0.0612. The van der Waals surface area contributed by atoms with Crippen LogP contribution in [0.2, 0.25) is 0 Å². The molecule has 5 nitrogen and oxygen atoms in total. The molecular weight excluding hydrogens is 579 g/mol. The van der Waals surface area contributed by atoms with Gasteiger partial charge in [-0.3, -0.25) is 9.59 Å². The van der Waals surface area contributed by atoms with Crippen LogP contribution in [0, 0.1) is 5.92 Å². The molecular formula is C39H75O5P. The minimum atomic E-state index is -0.986. The number of ketones is 1. The number of carbonyl (C=O) groups is 2. The van der Waals surface area contributed by atoms with Gasteiger partial charge in [0, 0.05) is 6.42 Å². The van der Waals surface area contributed by atoms with Gasteiger partial charge in [0.15, 0.2) is 5.52 Å². The molecule has 0 saturated heterocycles. The summed E-state index contributed by atoms with van der Waals surface area (Å²) < 4.78 is 5.34. The van der Waals surface area contributed by atoms with E-state index in [-0.39, 0.29) is 17.9 Å². The average molecular weight is 655 g/mol. The van der Waals surface area contributed by atoms with Crippen molar-refractivity contribution in [3.8, 4) is 0 Å². The van der Waals surface area contributed by atoms with Crippen molar-refractivity contribution >= 4 is 20.1 Å². The van der Waals surface area contributed by atoms with E-state index >= 15 is 0 Å². The first-order valence-corrected chi connectivity index (χ1v) is 20.4. The summed E-state index contributed by atoms with van der Waals surface area (Å²) in [6.45, 7) is 4.06. The molecule has 0 aliphatic carbocycles. The number of Topliss-reactive ketones (excluding diaryl/α,β-unsaturated/α-hetero) is 1. The number of aliphatic hydroxyl groups is 2. The highest BCUT2D eigenvalue weighted by Crippen LogP contribution is 2.27.